The van der Waals surface area contributed by atoms with Crippen molar-refractivity contribution in [3.05, 3.63) is 34.9 Å². The van der Waals surface area contributed by atoms with Gasteiger partial charge in [0.05, 0.1) is 6.04 Å². The lowest BCUT2D eigenvalue weighted by molar-refractivity contribution is -0.134. The summed E-state index contributed by atoms with van der Waals surface area (Å²) in [5.74, 6) is 0.319. The largest absolute Gasteiger partial charge is 0.338 e. The molecule has 0 radical (unpaired) electrons. The Morgan fingerprint density at radius 2 is 1.88 bits per heavy atom. The van der Waals surface area contributed by atoms with Crippen LogP contribution in [0.1, 0.15) is 41.3 Å². The topological polar surface area (TPSA) is 55.9 Å². The highest BCUT2D eigenvalue weighted by Gasteiger charge is 2.32. The lowest BCUT2D eigenvalue weighted by atomic mass is 10.0. The van der Waals surface area contributed by atoms with Gasteiger partial charge in [-0.15, -0.1) is 0 Å². The van der Waals surface area contributed by atoms with Crippen LogP contribution in [0.4, 0.5) is 0 Å². The summed E-state index contributed by atoms with van der Waals surface area (Å²) in [6.45, 7) is 8.40. The quantitative estimate of drug-likeness (QED) is 0.880. The van der Waals surface area contributed by atoms with Crippen molar-refractivity contribution in [3.8, 4) is 0 Å². The molecule has 2 saturated heterocycles. The predicted octanol–water partition coefficient (Wildman–Crippen LogP) is 1.06. The Balaban J connectivity index is 1.40. The summed E-state index contributed by atoms with van der Waals surface area (Å²) in [5.41, 5.74) is 3.31. The van der Waals surface area contributed by atoms with Gasteiger partial charge in [0, 0.05) is 44.8 Å². The number of hydrogen-bond donors (Lipinski definition) is 1. The zero-order valence-electron chi connectivity index (χ0n) is 15.5. The van der Waals surface area contributed by atoms with E-state index in [0.29, 0.717) is 26.2 Å². The van der Waals surface area contributed by atoms with Gasteiger partial charge in [-0.25, -0.2) is 0 Å². The van der Waals surface area contributed by atoms with E-state index in [1.54, 1.807) is 0 Å². The zero-order chi connectivity index (χ0) is 18.1. The van der Waals surface area contributed by atoms with E-state index >= 15 is 0 Å². The van der Waals surface area contributed by atoms with Gasteiger partial charge in [0.25, 0.3) is 5.91 Å². The van der Waals surface area contributed by atoms with Crippen LogP contribution in [-0.2, 0) is 17.9 Å². The van der Waals surface area contributed by atoms with Gasteiger partial charge in [0.2, 0.25) is 5.91 Å². The van der Waals surface area contributed by atoms with Crippen molar-refractivity contribution in [3.63, 3.8) is 0 Å². The lowest BCUT2D eigenvalue weighted by Crippen LogP contribution is -2.54. The third-order valence-electron chi connectivity index (χ3n) is 5.96. The van der Waals surface area contributed by atoms with E-state index in [-0.39, 0.29) is 17.9 Å². The highest BCUT2D eigenvalue weighted by atomic mass is 16.2. The molecule has 0 aliphatic carbocycles. The number of rotatable bonds is 3. The molecule has 0 saturated carbocycles. The SMILES string of the molecule is CCN1Cc2cccc(C(=O)N3CCN(C(=O)C4CCCN4)CC3)c2C1. The normalized spacial score (nSPS) is 23.3. The molecule has 1 aromatic carbocycles. The van der Waals surface area contributed by atoms with Crippen molar-refractivity contribution >= 4 is 11.8 Å². The van der Waals surface area contributed by atoms with Crippen LogP contribution in [0.25, 0.3) is 0 Å². The number of fused-ring (bicyclic) bond motifs is 1. The number of nitrogens with one attached hydrogen (secondary N) is 1. The third-order valence-corrected chi connectivity index (χ3v) is 5.96. The molecule has 1 unspecified atom stereocenters. The molecule has 0 aromatic heterocycles. The second-order valence-corrected chi connectivity index (χ2v) is 7.51. The molecule has 1 N–H and O–H groups in total. The number of piperazine rings is 1. The monoisotopic (exact) mass is 356 g/mol. The van der Waals surface area contributed by atoms with Gasteiger partial charge < -0.3 is 15.1 Å². The zero-order valence-corrected chi connectivity index (χ0v) is 15.5. The number of carbonyl (C=O) groups is 2. The number of benzene rings is 1. The van der Waals surface area contributed by atoms with Gasteiger partial charge in [0.15, 0.2) is 0 Å². The average molecular weight is 356 g/mol. The molecule has 3 heterocycles. The van der Waals surface area contributed by atoms with E-state index in [2.05, 4.69) is 23.2 Å². The lowest BCUT2D eigenvalue weighted by Gasteiger charge is -2.36. The van der Waals surface area contributed by atoms with E-state index < -0.39 is 0 Å². The second kappa shape index (κ2) is 7.37. The Morgan fingerprint density at radius 1 is 1.12 bits per heavy atom. The van der Waals surface area contributed by atoms with Crippen LogP contribution in [0.2, 0.25) is 0 Å². The van der Waals surface area contributed by atoms with E-state index in [4.69, 9.17) is 0 Å². The maximum Gasteiger partial charge on any atom is 0.254 e. The maximum absolute atomic E-state index is 13.1. The molecule has 140 valence electrons. The van der Waals surface area contributed by atoms with Crippen LogP contribution in [0.5, 0.6) is 0 Å². The fourth-order valence-electron chi connectivity index (χ4n) is 4.33. The van der Waals surface area contributed by atoms with Gasteiger partial charge in [0.1, 0.15) is 0 Å². The van der Waals surface area contributed by atoms with E-state index in [1.807, 2.05) is 21.9 Å². The second-order valence-electron chi connectivity index (χ2n) is 7.51. The van der Waals surface area contributed by atoms with E-state index in [0.717, 1.165) is 44.6 Å². The average Bonchev–Trinajstić information content (AvgIpc) is 3.36. The summed E-state index contributed by atoms with van der Waals surface area (Å²) >= 11 is 0. The summed E-state index contributed by atoms with van der Waals surface area (Å²) in [7, 11) is 0. The first-order valence-electron chi connectivity index (χ1n) is 9.82. The van der Waals surface area contributed by atoms with Crippen LogP contribution >= 0.6 is 0 Å². The van der Waals surface area contributed by atoms with Crippen molar-refractivity contribution in [2.45, 2.75) is 38.9 Å². The molecule has 26 heavy (non-hydrogen) atoms. The van der Waals surface area contributed by atoms with Gasteiger partial charge >= 0.3 is 0 Å². The Morgan fingerprint density at radius 3 is 2.58 bits per heavy atom. The van der Waals surface area contributed by atoms with Crippen LogP contribution in [-0.4, -0.2) is 71.8 Å². The third kappa shape index (κ3) is 3.23. The number of hydrogen-bond acceptors (Lipinski definition) is 4. The number of carbonyl (C=O) groups excluding carboxylic acids is 2. The molecule has 6 heteroatoms. The Bertz CT molecular complexity index is 691. The van der Waals surface area contributed by atoms with Crippen LogP contribution in [0.3, 0.4) is 0 Å². The molecule has 4 rings (SSSR count). The van der Waals surface area contributed by atoms with Crippen LogP contribution in [0, 0.1) is 0 Å². The summed E-state index contributed by atoms with van der Waals surface area (Å²) in [6, 6.07) is 6.07. The van der Waals surface area contributed by atoms with Crippen molar-refractivity contribution in [1.82, 2.24) is 20.0 Å². The molecule has 1 atom stereocenters. The highest BCUT2D eigenvalue weighted by molar-refractivity contribution is 5.96. The number of amides is 2. The van der Waals surface area contributed by atoms with Gasteiger partial charge in [-0.05, 0) is 43.1 Å². The molecule has 3 aliphatic rings. The minimum Gasteiger partial charge on any atom is -0.338 e. The van der Waals surface area contributed by atoms with E-state index in [9.17, 15) is 9.59 Å². The Kier molecular flexibility index (Phi) is 4.96. The van der Waals surface area contributed by atoms with Crippen LogP contribution in [0.15, 0.2) is 18.2 Å². The summed E-state index contributed by atoms with van der Waals surface area (Å²) < 4.78 is 0. The van der Waals surface area contributed by atoms with E-state index in [1.165, 1.54) is 11.1 Å². The molecular weight excluding hydrogens is 328 g/mol. The molecule has 0 spiro atoms. The van der Waals surface area contributed by atoms with Gasteiger partial charge in [-0.1, -0.05) is 19.1 Å². The smallest absolute Gasteiger partial charge is 0.254 e. The Hall–Kier alpha value is -1.92. The molecule has 2 fully saturated rings. The Labute approximate surface area is 155 Å². The first-order chi connectivity index (χ1) is 12.7. The van der Waals surface area contributed by atoms with Gasteiger partial charge in [-0.2, -0.15) is 0 Å². The maximum atomic E-state index is 13.1. The summed E-state index contributed by atoms with van der Waals surface area (Å²) in [5, 5.41) is 3.27. The number of nitrogens with zero attached hydrogens (tertiary/aromatic N) is 3. The van der Waals surface area contributed by atoms with Gasteiger partial charge in [-0.3, -0.25) is 14.5 Å². The van der Waals surface area contributed by atoms with Crippen molar-refractivity contribution in [2.75, 3.05) is 39.3 Å². The first-order valence-corrected chi connectivity index (χ1v) is 9.82. The first kappa shape index (κ1) is 17.5. The molecule has 2 amide bonds. The predicted molar refractivity (Wildman–Crippen MR) is 99.7 cm³/mol. The van der Waals surface area contributed by atoms with Crippen molar-refractivity contribution in [2.24, 2.45) is 0 Å². The summed E-state index contributed by atoms with van der Waals surface area (Å²) in [4.78, 5) is 31.8. The molecule has 3 aliphatic heterocycles. The van der Waals surface area contributed by atoms with Crippen molar-refractivity contribution < 1.29 is 9.59 Å². The fraction of sp³-hybridized carbons (Fsp3) is 0.600. The standard InChI is InChI=1S/C20H28N4O2/c1-2-22-13-15-5-3-6-16(17(15)14-22)19(25)23-9-11-24(12-10-23)20(26)18-7-4-8-21-18/h3,5-6,18,21H,2,4,7-14H2,1H3. The fourth-order valence-corrected chi connectivity index (χ4v) is 4.33. The minimum absolute atomic E-state index is 0.0188. The minimum atomic E-state index is -0.0188. The van der Waals surface area contributed by atoms with Crippen molar-refractivity contribution in [1.29, 1.82) is 0 Å². The molecular formula is C20H28N4O2. The molecule has 1 aromatic rings. The molecule has 0 bridgehead atoms. The van der Waals surface area contributed by atoms with Crippen LogP contribution < -0.4 is 5.32 Å². The molecule has 6 nitrogen and oxygen atoms in total. The highest BCUT2D eigenvalue weighted by Crippen LogP contribution is 2.27. The summed E-state index contributed by atoms with van der Waals surface area (Å²) in [6.07, 6.45) is 2.00.